The first-order valence-electron chi connectivity index (χ1n) is 4.57. The molecule has 0 atom stereocenters. The Bertz CT molecular complexity index is 501. The lowest BCUT2D eigenvalue weighted by atomic mass is 10.2. The summed E-state index contributed by atoms with van der Waals surface area (Å²) >= 11 is 8.89. The summed E-state index contributed by atoms with van der Waals surface area (Å²) in [5.74, 6) is 0.618. The van der Waals surface area contributed by atoms with Crippen molar-refractivity contribution in [2.45, 2.75) is 12.4 Å². The highest BCUT2D eigenvalue weighted by molar-refractivity contribution is 9.10. The van der Waals surface area contributed by atoms with Gasteiger partial charge in [-0.1, -0.05) is 22.0 Å². The molecule has 0 bridgehead atoms. The third kappa shape index (κ3) is 2.41. The summed E-state index contributed by atoms with van der Waals surface area (Å²) in [7, 11) is 0. The fourth-order valence-corrected chi connectivity index (χ4v) is 1.88. The monoisotopic (exact) mass is 303 g/mol. The molecule has 0 aliphatic heterocycles. The van der Waals surface area contributed by atoms with Gasteiger partial charge in [0.2, 0.25) is 0 Å². The lowest BCUT2D eigenvalue weighted by Crippen LogP contribution is -2.07. The number of nitrogens with zero attached hydrogens (tertiary/aromatic N) is 3. The second-order valence-electron chi connectivity index (χ2n) is 3.20. The molecule has 6 heteroatoms. The smallest absolute Gasteiger partial charge is 0.142 e. The van der Waals surface area contributed by atoms with Crippen LogP contribution in [0.3, 0.4) is 0 Å². The fourth-order valence-electron chi connectivity index (χ4n) is 1.33. The molecule has 3 nitrogen and oxygen atoms in total. The molecule has 0 aliphatic carbocycles. The van der Waals surface area contributed by atoms with Crippen LogP contribution in [-0.4, -0.2) is 14.8 Å². The summed E-state index contributed by atoms with van der Waals surface area (Å²) in [5, 5.41) is 3.99. The largest absolute Gasteiger partial charge is 0.244 e. The number of rotatable bonds is 3. The molecule has 0 saturated carbocycles. The number of benzene rings is 1. The fraction of sp³-hybridized carbons (Fsp3) is 0.200. The van der Waals surface area contributed by atoms with E-state index < -0.39 is 0 Å². The number of hydrogen-bond donors (Lipinski definition) is 0. The molecule has 0 unspecified atom stereocenters. The van der Waals surface area contributed by atoms with Gasteiger partial charge >= 0.3 is 0 Å². The summed E-state index contributed by atoms with van der Waals surface area (Å²) in [4.78, 5) is 3.97. The zero-order valence-corrected chi connectivity index (χ0v) is 10.5. The van der Waals surface area contributed by atoms with Gasteiger partial charge in [-0.2, -0.15) is 5.10 Å². The van der Waals surface area contributed by atoms with E-state index >= 15 is 0 Å². The van der Waals surface area contributed by atoms with Crippen LogP contribution in [0.25, 0.3) is 0 Å². The first kappa shape index (κ1) is 11.5. The Morgan fingerprint density at radius 1 is 1.44 bits per heavy atom. The molecule has 0 radical (unpaired) electrons. The Morgan fingerprint density at radius 3 is 2.94 bits per heavy atom. The minimum Gasteiger partial charge on any atom is -0.244 e. The third-order valence-corrected chi connectivity index (χ3v) is 2.88. The van der Waals surface area contributed by atoms with Crippen molar-refractivity contribution >= 4 is 27.5 Å². The van der Waals surface area contributed by atoms with Crippen LogP contribution < -0.4 is 0 Å². The second-order valence-corrected chi connectivity index (χ2v) is 4.39. The predicted molar refractivity (Wildman–Crippen MR) is 62.8 cm³/mol. The van der Waals surface area contributed by atoms with Gasteiger partial charge in [0.15, 0.2) is 0 Å². The van der Waals surface area contributed by atoms with Gasteiger partial charge in [0.25, 0.3) is 0 Å². The SMILES string of the molecule is Fc1cc(Br)ccc1Cn1ncnc1CCl. The molecule has 16 heavy (non-hydrogen) atoms. The van der Waals surface area contributed by atoms with Crippen molar-refractivity contribution < 1.29 is 4.39 Å². The molecule has 1 aromatic heterocycles. The summed E-state index contributed by atoms with van der Waals surface area (Å²) in [6, 6.07) is 4.92. The number of alkyl halides is 1. The summed E-state index contributed by atoms with van der Waals surface area (Å²) < 4.78 is 15.8. The molecule has 0 fully saturated rings. The molecule has 2 rings (SSSR count). The van der Waals surface area contributed by atoms with Crippen molar-refractivity contribution in [3.8, 4) is 0 Å². The second kappa shape index (κ2) is 4.93. The van der Waals surface area contributed by atoms with E-state index in [4.69, 9.17) is 11.6 Å². The van der Waals surface area contributed by atoms with Crippen molar-refractivity contribution in [3.05, 3.63) is 46.2 Å². The van der Waals surface area contributed by atoms with Gasteiger partial charge < -0.3 is 0 Å². The van der Waals surface area contributed by atoms with E-state index in [0.29, 0.717) is 22.4 Å². The molecule has 1 heterocycles. The van der Waals surface area contributed by atoms with Crippen molar-refractivity contribution in [1.29, 1.82) is 0 Å². The minimum atomic E-state index is -0.273. The zero-order valence-electron chi connectivity index (χ0n) is 8.20. The zero-order chi connectivity index (χ0) is 11.5. The van der Waals surface area contributed by atoms with E-state index in [9.17, 15) is 4.39 Å². The lowest BCUT2D eigenvalue weighted by molar-refractivity contribution is 0.577. The van der Waals surface area contributed by atoms with Crippen LogP contribution in [0.5, 0.6) is 0 Å². The molecular formula is C10H8BrClFN3. The lowest BCUT2D eigenvalue weighted by Gasteiger charge is -2.05. The van der Waals surface area contributed by atoms with Crippen molar-refractivity contribution in [2.24, 2.45) is 0 Å². The van der Waals surface area contributed by atoms with Crippen LogP contribution in [0.2, 0.25) is 0 Å². The molecule has 0 spiro atoms. The van der Waals surface area contributed by atoms with Crippen LogP contribution in [-0.2, 0) is 12.4 Å². The van der Waals surface area contributed by atoms with E-state index in [2.05, 4.69) is 26.0 Å². The van der Waals surface area contributed by atoms with Gasteiger partial charge in [-0.3, -0.25) is 0 Å². The van der Waals surface area contributed by atoms with E-state index in [0.717, 1.165) is 0 Å². The average molecular weight is 305 g/mol. The van der Waals surface area contributed by atoms with Crippen LogP contribution in [0.1, 0.15) is 11.4 Å². The molecule has 0 aliphatic rings. The van der Waals surface area contributed by atoms with Gasteiger partial charge in [-0.25, -0.2) is 14.1 Å². The molecule has 0 saturated heterocycles. The highest BCUT2D eigenvalue weighted by atomic mass is 79.9. The van der Waals surface area contributed by atoms with Crippen LogP contribution in [0.4, 0.5) is 4.39 Å². The number of hydrogen-bond acceptors (Lipinski definition) is 2. The Labute approximate surface area is 105 Å². The Morgan fingerprint density at radius 2 is 2.25 bits per heavy atom. The summed E-state index contributed by atoms with van der Waals surface area (Å²) in [6.07, 6.45) is 1.41. The first-order chi connectivity index (χ1) is 7.70. The van der Waals surface area contributed by atoms with Gasteiger partial charge in [0, 0.05) is 10.0 Å². The molecule has 84 valence electrons. The van der Waals surface area contributed by atoms with Gasteiger partial charge in [-0.15, -0.1) is 11.6 Å². The van der Waals surface area contributed by atoms with E-state index in [1.807, 2.05) is 0 Å². The molecule has 2 aromatic rings. The van der Waals surface area contributed by atoms with Gasteiger partial charge in [0.1, 0.15) is 18.0 Å². The first-order valence-corrected chi connectivity index (χ1v) is 5.90. The summed E-state index contributed by atoms with van der Waals surface area (Å²) in [5.41, 5.74) is 0.556. The Balaban J connectivity index is 2.27. The minimum absolute atomic E-state index is 0.262. The molecule has 0 amide bonds. The van der Waals surface area contributed by atoms with Crippen LogP contribution in [0.15, 0.2) is 29.0 Å². The highest BCUT2D eigenvalue weighted by Crippen LogP contribution is 2.16. The standard InChI is InChI=1S/C10H8BrClFN3/c11-8-2-1-7(9(13)3-8)5-16-10(4-12)14-6-15-16/h1-3,6H,4-5H2. The van der Waals surface area contributed by atoms with E-state index in [-0.39, 0.29) is 11.7 Å². The maximum Gasteiger partial charge on any atom is 0.142 e. The Kier molecular flexibility index (Phi) is 3.56. The van der Waals surface area contributed by atoms with Crippen LogP contribution >= 0.6 is 27.5 Å². The van der Waals surface area contributed by atoms with Crippen molar-refractivity contribution in [1.82, 2.24) is 14.8 Å². The Hall–Kier alpha value is -0.940. The van der Waals surface area contributed by atoms with Crippen molar-refractivity contribution in [2.75, 3.05) is 0 Å². The topological polar surface area (TPSA) is 30.7 Å². The predicted octanol–water partition coefficient (Wildman–Crippen LogP) is 2.97. The van der Waals surface area contributed by atoms with E-state index in [1.54, 1.807) is 16.8 Å². The molecular weight excluding hydrogens is 296 g/mol. The quantitative estimate of drug-likeness (QED) is 0.816. The average Bonchev–Trinajstić information content (AvgIpc) is 2.69. The third-order valence-electron chi connectivity index (χ3n) is 2.15. The van der Waals surface area contributed by atoms with Gasteiger partial charge in [0.05, 0.1) is 12.4 Å². The maximum absolute atomic E-state index is 13.6. The van der Waals surface area contributed by atoms with E-state index in [1.165, 1.54) is 12.4 Å². The highest BCUT2D eigenvalue weighted by Gasteiger charge is 2.07. The maximum atomic E-state index is 13.6. The normalized spacial score (nSPS) is 10.7. The van der Waals surface area contributed by atoms with Crippen LogP contribution in [0, 0.1) is 5.82 Å². The number of halogens is 3. The molecule has 1 aromatic carbocycles. The molecule has 0 N–H and O–H groups in total. The summed E-state index contributed by atoms with van der Waals surface area (Å²) in [6.45, 7) is 0.334. The van der Waals surface area contributed by atoms with Gasteiger partial charge in [-0.05, 0) is 12.1 Å². The number of aromatic nitrogens is 3. The van der Waals surface area contributed by atoms with Crippen molar-refractivity contribution in [3.63, 3.8) is 0 Å².